The van der Waals surface area contributed by atoms with Crippen LogP contribution in [0.2, 0.25) is 0 Å². The molecule has 2 heterocycles. The van der Waals surface area contributed by atoms with E-state index in [1.165, 1.54) is 0 Å². The normalized spacial score (nSPS) is 10.5. The Balaban J connectivity index is 1.72. The van der Waals surface area contributed by atoms with Crippen LogP contribution in [0.15, 0.2) is 54.9 Å². The number of imidazole rings is 1. The summed E-state index contributed by atoms with van der Waals surface area (Å²) in [6.07, 6.45) is 3.45. The highest BCUT2D eigenvalue weighted by Gasteiger charge is 2.09. The minimum absolute atomic E-state index is 0.130. The Hall–Kier alpha value is -2.82. The summed E-state index contributed by atoms with van der Waals surface area (Å²) < 4.78 is 6.87. The van der Waals surface area contributed by atoms with E-state index >= 15 is 0 Å². The van der Waals surface area contributed by atoms with Crippen molar-refractivity contribution in [2.75, 3.05) is 7.11 Å². The highest BCUT2D eigenvalue weighted by Crippen LogP contribution is 2.11. The van der Waals surface area contributed by atoms with Gasteiger partial charge in [0.2, 0.25) is 0 Å². The number of hydrogen-bond acceptors (Lipinski definition) is 3. The lowest BCUT2D eigenvalue weighted by Crippen LogP contribution is -2.24. The van der Waals surface area contributed by atoms with Gasteiger partial charge in [-0.25, -0.2) is 4.98 Å². The fraction of sp³-hybridized carbons (Fsp3) is 0.125. The molecule has 0 aliphatic heterocycles. The number of carbonyl (C=O) groups excluding carboxylic acids is 1. The third-order valence-electron chi connectivity index (χ3n) is 3.27. The SMILES string of the molecule is COc1ccc(CNC(=O)c2cccc3nccn23)cc1. The molecule has 21 heavy (non-hydrogen) atoms. The Morgan fingerprint density at radius 1 is 1.24 bits per heavy atom. The second kappa shape index (κ2) is 5.66. The molecule has 0 saturated carbocycles. The van der Waals surface area contributed by atoms with Crippen molar-refractivity contribution in [3.05, 3.63) is 66.1 Å². The zero-order valence-electron chi connectivity index (χ0n) is 11.6. The van der Waals surface area contributed by atoms with Crippen LogP contribution in [0.1, 0.15) is 16.1 Å². The molecule has 5 nitrogen and oxygen atoms in total. The van der Waals surface area contributed by atoms with Crippen LogP contribution >= 0.6 is 0 Å². The van der Waals surface area contributed by atoms with E-state index in [4.69, 9.17) is 4.74 Å². The maximum atomic E-state index is 12.3. The Morgan fingerprint density at radius 2 is 2.05 bits per heavy atom. The summed E-state index contributed by atoms with van der Waals surface area (Å²) in [4.78, 5) is 16.4. The topological polar surface area (TPSA) is 55.6 Å². The average molecular weight is 281 g/mol. The van der Waals surface area contributed by atoms with Crippen LogP contribution in [0.25, 0.3) is 5.65 Å². The summed E-state index contributed by atoms with van der Waals surface area (Å²) in [5.41, 5.74) is 2.34. The monoisotopic (exact) mass is 281 g/mol. The van der Waals surface area contributed by atoms with E-state index < -0.39 is 0 Å². The van der Waals surface area contributed by atoms with Crippen LogP contribution in [0.3, 0.4) is 0 Å². The molecule has 3 rings (SSSR count). The molecule has 3 aromatic rings. The van der Waals surface area contributed by atoms with Crippen molar-refractivity contribution >= 4 is 11.6 Å². The minimum atomic E-state index is -0.130. The van der Waals surface area contributed by atoms with Gasteiger partial charge in [0, 0.05) is 18.9 Å². The molecule has 0 unspecified atom stereocenters. The van der Waals surface area contributed by atoms with Crippen LogP contribution in [-0.2, 0) is 6.54 Å². The van der Waals surface area contributed by atoms with Gasteiger partial charge >= 0.3 is 0 Å². The van der Waals surface area contributed by atoms with E-state index in [1.807, 2.05) is 36.4 Å². The van der Waals surface area contributed by atoms with Gasteiger partial charge in [0.15, 0.2) is 0 Å². The predicted octanol–water partition coefficient (Wildman–Crippen LogP) is 2.27. The maximum Gasteiger partial charge on any atom is 0.268 e. The fourth-order valence-corrected chi connectivity index (χ4v) is 2.15. The number of aromatic nitrogens is 2. The van der Waals surface area contributed by atoms with Gasteiger partial charge in [0.1, 0.15) is 17.1 Å². The summed E-state index contributed by atoms with van der Waals surface area (Å²) in [7, 11) is 1.63. The first kappa shape index (κ1) is 13.2. The average Bonchev–Trinajstić information content (AvgIpc) is 3.01. The molecular weight excluding hydrogens is 266 g/mol. The Bertz CT molecular complexity index is 763. The summed E-state index contributed by atoms with van der Waals surface area (Å²) in [6.45, 7) is 0.466. The molecule has 0 spiro atoms. The molecule has 0 atom stereocenters. The zero-order chi connectivity index (χ0) is 14.7. The van der Waals surface area contributed by atoms with Crippen molar-refractivity contribution in [2.24, 2.45) is 0 Å². The van der Waals surface area contributed by atoms with E-state index in [2.05, 4.69) is 10.3 Å². The molecule has 5 heteroatoms. The first-order chi connectivity index (χ1) is 10.3. The lowest BCUT2D eigenvalue weighted by atomic mass is 10.2. The molecule has 1 aromatic carbocycles. The van der Waals surface area contributed by atoms with Gasteiger partial charge in [-0.3, -0.25) is 9.20 Å². The van der Waals surface area contributed by atoms with Crippen LogP contribution in [-0.4, -0.2) is 22.4 Å². The molecule has 2 aromatic heterocycles. The van der Waals surface area contributed by atoms with E-state index in [0.29, 0.717) is 12.2 Å². The number of rotatable bonds is 4. The number of nitrogens with zero attached hydrogens (tertiary/aromatic N) is 2. The number of ether oxygens (including phenoxy) is 1. The lowest BCUT2D eigenvalue weighted by Gasteiger charge is -2.08. The molecule has 0 bridgehead atoms. The fourth-order valence-electron chi connectivity index (χ4n) is 2.15. The molecule has 1 N–H and O–H groups in total. The maximum absolute atomic E-state index is 12.3. The third kappa shape index (κ3) is 2.72. The van der Waals surface area contributed by atoms with Gasteiger partial charge in [-0.2, -0.15) is 0 Å². The van der Waals surface area contributed by atoms with E-state index in [1.54, 1.807) is 30.0 Å². The van der Waals surface area contributed by atoms with Crippen molar-refractivity contribution in [3.8, 4) is 5.75 Å². The highest BCUT2D eigenvalue weighted by atomic mass is 16.5. The number of hydrogen-bond donors (Lipinski definition) is 1. The largest absolute Gasteiger partial charge is 0.497 e. The van der Waals surface area contributed by atoms with Crippen molar-refractivity contribution in [3.63, 3.8) is 0 Å². The van der Waals surface area contributed by atoms with Crippen LogP contribution < -0.4 is 10.1 Å². The summed E-state index contributed by atoms with van der Waals surface area (Å²) >= 11 is 0. The van der Waals surface area contributed by atoms with E-state index in [9.17, 15) is 4.79 Å². The molecule has 106 valence electrons. The van der Waals surface area contributed by atoms with Crippen LogP contribution in [0.4, 0.5) is 0 Å². The molecular formula is C16H15N3O2. The van der Waals surface area contributed by atoms with Crippen LogP contribution in [0, 0.1) is 0 Å². The number of methoxy groups -OCH3 is 1. The molecule has 0 aliphatic rings. The summed E-state index contributed by atoms with van der Waals surface area (Å²) in [5, 5.41) is 2.91. The van der Waals surface area contributed by atoms with Crippen molar-refractivity contribution in [1.29, 1.82) is 0 Å². The quantitative estimate of drug-likeness (QED) is 0.798. The Labute approximate surface area is 122 Å². The predicted molar refractivity (Wildman–Crippen MR) is 79.4 cm³/mol. The van der Waals surface area contributed by atoms with E-state index in [-0.39, 0.29) is 5.91 Å². The highest BCUT2D eigenvalue weighted by molar-refractivity contribution is 5.93. The van der Waals surface area contributed by atoms with Gasteiger partial charge < -0.3 is 10.1 Å². The molecule has 0 fully saturated rings. The minimum Gasteiger partial charge on any atom is -0.497 e. The number of amides is 1. The summed E-state index contributed by atoms with van der Waals surface area (Å²) in [5.74, 6) is 0.669. The first-order valence-corrected chi connectivity index (χ1v) is 6.61. The Morgan fingerprint density at radius 3 is 2.81 bits per heavy atom. The number of fused-ring (bicyclic) bond motifs is 1. The molecule has 0 saturated heterocycles. The number of carbonyl (C=O) groups is 1. The molecule has 0 radical (unpaired) electrons. The smallest absolute Gasteiger partial charge is 0.268 e. The van der Waals surface area contributed by atoms with Crippen LogP contribution in [0.5, 0.6) is 5.75 Å². The third-order valence-corrected chi connectivity index (χ3v) is 3.27. The second-order valence-electron chi connectivity index (χ2n) is 4.60. The zero-order valence-corrected chi connectivity index (χ0v) is 11.6. The van der Waals surface area contributed by atoms with Crippen molar-refractivity contribution < 1.29 is 9.53 Å². The number of nitrogens with one attached hydrogen (secondary N) is 1. The van der Waals surface area contributed by atoms with E-state index in [0.717, 1.165) is 17.0 Å². The first-order valence-electron chi connectivity index (χ1n) is 6.61. The number of pyridine rings is 1. The number of benzene rings is 1. The molecule has 0 aliphatic carbocycles. The van der Waals surface area contributed by atoms with Crippen molar-refractivity contribution in [2.45, 2.75) is 6.54 Å². The molecule has 1 amide bonds. The standard InChI is InChI=1S/C16H15N3O2/c1-21-13-7-5-12(6-8-13)11-18-16(20)14-3-2-4-15-17-9-10-19(14)15/h2-10H,11H2,1H3,(H,18,20). The lowest BCUT2D eigenvalue weighted by molar-refractivity contribution is 0.0944. The summed E-state index contributed by atoms with van der Waals surface area (Å²) in [6, 6.07) is 13.1. The van der Waals surface area contributed by atoms with Gasteiger partial charge in [0.25, 0.3) is 5.91 Å². The van der Waals surface area contributed by atoms with Gasteiger partial charge in [-0.15, -0.1) is 0 Å². The van der Waals surface area contributed by atoms with Gasteiger partial charge in [-0.1, -0.05) is 18.2 Å². The second-order valence-corrected chi connectivity index (χ2v) is 4.60. The Kier molecular flexibility index (Phi) is 3.55. The van der Waals surface area contributed by atoms with Gasteiger partial charge in [0.05, 0.1) is 7.11 Å². The van der Waals surface area contributed by atoms with Gasteiger partial charge in [-0.05, 0) is 29.8 Å². The van der Waals surface area contributed by atoms with Crippen molar-refractivity contribution in [1.82, 2.24) is 14.7 Å².